The van der Waals surface area contributed by atoms with Crippen molar-refractivity contribution in [2.45, 2.75) is 0 Å². The number of hydrogen-bond donors (Lipinski definition) is 0. The van der Waals surface area contributed by atoms with E-state index >= 15 is 0 Å². The molecule has 2 heterocycles. The largest absolute Gasteiger partial charge is 0.310 e. The van der Waals surface area contributed by atoms with Gasteiger partial charge in [-0.2, -0.15) is 0 Å². The van der Waals surface area contributed by atoms with E-state index in [-0.39, 0.29) is 0 Å². The van der Waals surface area contributed by atoms with Crippen molar-refractivity contribution in [2.24, 2.45) is 0 Å². The predicted octanol–water partition coefficient (Wildman–Crippen LogP) is 35.5. The lowest BCUT2D eigenvalue weighted by atomic mass is 9.94. The molecule has 0 aliphatic carbocycles. The molecule has 0 saturated heterocycles. The molecule has 2 aromatic heterocycles. The summed E-state index contributed by atoms with van der Waals surface area (Å²) in [4.78, 5) is 4.93. The summed E-state index contributed by atoms with van der Waals surface area (Å²) in [7, 11) is 0. The maximum atomic E-state index is 2.49. The fourth-order valence-corrected chi connectivity index (χ4v) is 20.1. The summed E-state index contributed by atoms with van der Waals surface area (Å²) in [5.74, 6) is 0. The Labute approximate surface area is 768 Å². The van der Waals surface area contributed by atoms with Gasteiger partial charge in [0.2, 0.25) is 0 Å². The fraction of sp³-hybridized carbons (Fsp3) is 0. The van der Waals surface area contributed by atoms with Crippen LogP contribution < -0.4 is 9.80 Å². The Hall–Kier alpha value is -17.4. The maximum absolute atomic E-state index is 2.49. The summed E-state index contributed by atoms with van der Waals surface area (Å²) in [6.45, 7) is 0. The molecule has 618 valence electrons. The molecular formula is C128H86N4. The van der Waals surface area contributed by atoms with Crippen LogP contribution in [-0.2, 0) is 0 Å². The zero-order valence-corrected chi connectivity index (χ0v) is 72.4. The topological polar surface area (TPSA) is 16.3 Å². The van der Waals surface area contributed by atoms with Crippen LogP contribution in [0.2, 0.25) is 0 Å². The third kappa shape index (κ3) is 14.5. The van der Waals surface area contributed by atoms with E-state index in [4.69, 9.17) is 0 Å². The highest BCUT2D eigenvalue weighted by atomic mass is 15.1. The highest BCUT2D eigenvalue weighted by Gasteiger charge is 2.26. The highest BCUT2D eigenvalue weighted by molar-refractivity contribution is 6.27. The molecule has 0 unspecified atom stereocenters. The number of para-hydroxylation sites is 2. The SMILES string of the molecule is c1ccc(-c2cc(-c3ccccc3)cc(N(c3ccc(-c4ccc(-c5ccc(-c6ccc(-c7cc(-c8ccccc8)cc(N(c8cc(-c9ccccc9)cc(-c9ccccc9)c8)c8cccc(-c9cccc%10c9c9c%11ccccc%11ccc9n%10-c9ccccc9)c8)c7)cc6)cc5)cc4)cc3)c3cccc(-c4cccc5c4c4c6ccccc6ccc4n5-c4ccccc4)c3)c2)cc1. The standard InChI is InChI=1S/C128H86N4/c1-8-30-87(31-9-1)103-76-104(88-32-10-2-11-33-88)82-114(81-103)129(112-48-26-42-101(79-112)119-52-28-54-121-127(119)125-117-50-24-22-40-99(117)70-74-123(125)131(121)109-44-18-6-19-45-109)111-72-68-97(69-73-111)96-62-60-93(61-63-96)92-56-58-94(59-57-92)95-64-66-98(67-65-95)108-78-107(91-38-16-5-17-39-91)85-116(86-108)130(115-83-105(89-34-12-3-13-35-89)77-106(84-115)90-36-14-4-15-37-90)113-49-27-43-102(80-113)120-53-29-55-122-128(120)126-118-51-25-23-41-100(118)71-75-124(126)132(122)110-46-20-7-21-47-110/h1-86H. The van der Waals surface area contributed by atoms with Crippen molar-refractivity contribution in [3.63, 3.8) is 0 Å². The molecule has 0 spiro atoms. The number of benzene rings is 22. The lowest BCUT2D eigenvalue weighted by Crippen LogP contribution is -2.11. The maximum Gasteiger partial charge on any atom is 0.0547 e. The monoisotopic (exact) mass is 1680 g/mol. The Morgan fingerprint density at radius 1 is 0.129 bits per heavy atom. The van der Waals surface area contributed by atoms with Crippen LogP contribution in [0.15, 0.2) is 522 Å². The van der Waals surface area contributed by atoms with Crippen LogP contribution in [0.3, 0.4) is 0 Å². The van der Waals surface area contributed by atoms with Crippen molar-refractivity contribution in [2.75, 3.05) is 9.80 Å². The lowest BCUT2D eigenvalue weighted by molar-refractivity contribution is 1.18. The third-order valence-corrected chi connectivity index (χ3v) is 26.4. The minimum Gasteiger partial charge on any atom is -0.310 e. The van der Waals surface area contributed by atoms with Gasteiger partial charge in [-0.25, -0.2) is 0 Å². The highest BCUT2D eigenvalue weighted by Crippen LogP contribution is 2.50. The van der Waals surface area contributed by atoms with Crippen LogP contribution in [0.5, 0.6) is 0 Å². The first kappa shape index (κ1) is 78.1. The Kier molecular flexibility index (Phi) is 19.9. The van der Waals surface area contributed by atoms with E-state index in [1.165, 1.54) is 70.8 Å². The van der Waals surface area contributed by atoms with Gasteiger partial charge in [-0.05, 0) is 283 Å². The average molecular weight is 1680 g/mol. The second kappa shape index (κ2) is 33.7. The van der Waals surface area contributed by atoms with Crippen molar-refractivity contribution in [3.8, 4) is 134 Å². The van der Waals surface area contributed by atoms with Crippen LogP contribution in [0, 0.1) is 0 Å². The third-order valence-electron chi connectivity index (χ3n) is 26.4. The van der Waals surface area contributed by atoms with Gasteiger partial charge < -0.3 is 18.9 Å². The molecular weight excluding hydrogens is 1590 g/mol. The average Bonchev–Trinajstić information content (AvgIpc) is 1.58. The molecule has 0 amide bonds. The molecule has 24 rings (SSSR count). The summed E-state index contributed by atoms with van der Waals surface area (Å²) < 4.78 is 4.87. The fourth-order valence-electron chi connectivity index (χ4n) is 20.1. The van der Waals surface area contributed by atoms with Gasteiger partial charge >= 0.3 is 0 Å². The first-order valence-corrected chi connectivity index (χ1v) is 45.4. The van der Waals surface area contributed by atoms with Crippen LogP contribution in [0.1, 0.15) is 0 Å². The van der Waals surface area contributed by atoms with Crippen LogP contribution >= 0.6 is 0 Å². The van der Waals surface area contributed by atoms with Crippen LogP contribution in [-0.4, -0.2) is 9.13 Å². The molecule has 0 bridgehead atoms. The minimum absolute atomic E-state index is 1.03. The van der Waals surface area contributed by atoms with Crippen LogP contribution in [0.25, 0.3) is 199 Å². The first-order valence-electron chi connectivity index (χ1n) is 45.4. The van der Waals surface area contributed by atoms with Gasteiger partial charge in [-0.1, -0.05) is 382 Å². The van der Waals surface area contributed by atoms with E-state index in [1.54, 1.807) is 0 Å². The van der Waals surface area contributed by atoms with Gasteiger partial charge in [0, 0.05) is 67.0 Å². The number of anilines is 6. The number of hydrogen-bond acceptors (Lipinski definition) is 2. The van der Waals surface area contributed by atoms with Crippen molar-refractivity contribution < 1.29 is 0 Å². The molecule has 0 atom stereocenters. The molecule has 0 fully saturated rings. The Morgan fingerprint density at radius 3 is 0.682 bits per heavy atom. The second-order valence-electron chi connectivity index (χ2n) is 34.3. The Morgan fingerprint density at radius 2 is 0.364 bits per heavy atom. The predicted molar refractivity (Wildman–Crippen MR) is 559 cm³/mol. The summed E-state index contributed by atoms with van der Waals surface area (Å²) in [5, 5.41) is 9.84. The van der Waals surface area contributed by atoms with E-state index in [1.807, 2.05) is 0 Å². The molecule has 0 saturated carbocycles. The number of aromatic nitrogens is 2. The summed E-state index contributed by atoms with van der Waals surface area (Å²) >= 11 is 0. The Bertz CT molecular complexity index is 8310. The number of rotatable bonds is 19. The molecule has 0 aliphatic heterocycles. The molecule has 4 heteroatoms. The van der Waals surface area contributed by atoms with Gasteiger partial charge in [0.05, 0.1) is 22.1 Å². The first-order chi connectivity index (χ1) is 65.4. The molecule has 0 aliphatic rings. The molecule has 24 aromatic rings. The molecule has 4 nitrogen and oxygen atoms in total. The van der Waals surface area contributed by atoms with Crippen molar-refractivity contribution in [1.82, 2.24) is 9.13 Å². The van der Waals surface area contributed by atoms with Gasteiger partial charge in [0.1, 0.15) is 0 Å². The van der Waals surface area contributed by atoms with Gasteiger partial charge in [0.15, 0.2) is 0 Å². The zero-order valence-electron chi connectivity index (χ0n) is 72.4. The van der Waals surface area contributed by atoms with Crippen molar-refractivity contribution in [1.29, 1.82) is 0 Å². The molecule has 132 heavy (non-hydrogen) atoms. The van der Waals surface area contributed by atoms with Crippen LogP contribution in [0.4, 0.5) is 34.1 Å². The van der Waals surface area contributed by atoms with Gasteiger partial charge in [0.25, 0.3) is 0 Å². The van der Waals surface area contributed by atoms with E-state index in [9.17, 15) is 0 Å². The molecule has 0 radical (unpaired) electrons. The zero-order chi connectivity index (χ0) is 87.4. The van der Waals surface area contributed by atoms with Crippen molar-refractivity contribution in [3.05, 3.63) is 522 Å². The normalized spacial score (nSPS) is 11.5. The second-order valence-corrected chi connectivity index (χ2v) is 34.3. The molecule has 0 N–H and O–H groups in total. The number of fused-ring (bicyclic) bond motifs is 10. The summed E-state index contributed by atoms with van der Waals surface area (Å²) in [6.07, 6.45) is 0. The lowest BCUT2D eigenvalue weighted by Gasteiger charge is -2.28. The van der Waals surface area contributed by atoms with E-state index in [0.717, 1.165) is 162 Å². The number of nitrogens with zero attached hydrogens (tertiary/aromatic N) is 4. The summed E-state index contributed by atoms with van der Waals surface area (Å²) in [5.41, 5.74) is 38.3. The van der Waals surface area contributed by atoms with Crippen molar-refractivity contribution >= 4 is 99.3 Å². The van der Waals surface area contributed by atoms with E-state index in [2.05, 4.69) is 541 Å². The quantitative estimate of drug-likeness (QED) is 0.0802. The van der Waals surface area contributed by atoms with E-state index in [0.29, 0.717) is 0 Å². The Balaban J connectivity index is 0.565. The smallest absolute Gasteiger partial charge is 0.0547 e. The molecule has 22 aromatic carbocycles. The minimum atomic E-state index is 1.03. The summed E-state index contributed by atoms with van der Waals surface area (Å²) in [6, 6.07) is 192. The van der Waals surface area contributed by atoms with Gasteiger partial charge in [-0.15, -0.1) is 0 Å². The van der Waals surface area contributed by atoms with E-state index < -0.39 is 0 Å². The van der Waals surface area contributed by atoms with Gasteiger partial charge in [-0.3, -0.25) is 0 Å².